The summed E-state index contributed by atoms with van der Waals surface area (Å²) < 4.78 is 15.5. The standard InChI is InChI=1S/C17H24N6O4/c1-25-9-10(18)7-20-17-21-8-14(15(19)24)16(23-17)22-11-4-12(26-2)6-13(5-11)27-3/h4-6,8,10H,7,9,18H2,1-3H3,(H2,19,24)(H2,20,21,22,23)/t10-/m1/s1. The van der Waals surface area contributed by atoms with Gasteiger partial charge in [0.2, 0.25) is 5.95 Å². The maximum Gasteiger partial charge on any atom is 0.254 e. The highest BCUT2D eigenvalue weighted by Crippen LogP contribution is 2.28. The van der Waals surface area contributed by atoms with Gasteiger partial charge in [-0.2, -0.15) is 4.98 Å². The maximum absolute atomic E-state index is 11.7. The molecule has 0 unspecified atom stereocenters. The maximum atomic E-state index is 11.7. The van der Waals surface area contributed by atoms with Crippen LogP contribution in [-0.4, -0.2) is 56.4 Å². The van der Waals surface area contributed by atoms with Crippen molar-refractivity contribution < 1.29 is 19.0 Å². The van der Waals surface area contributed by atoms with Crippen molar-refractivity contribution in [3.05, 3.63) is 30.0 Å². The average molecular weight is 376 g/mol. The van der Waals surface area contributed by atoms with Crippen LogP contribution in [0, 0.1) is 0 Å². The van der Waals surface area contributed by atoms with E-state index in [1.165, 1.54) is 6.20 Å². The van der Waals surface area contributed by atoms with Gasteiger partial charge in [-0.1, -0.05) is 0 Å². The number of benzene rings is 1. The lowest BCUT2D eigenvalue weighted by atomic mass is 10.2. The minimum absolute atomic E-state index is 0.142. The number of nitrogens with zero attached hydrogens (tertiary/aromatic N) is 2. The highest BCUT2D eigenvalue weighted by atomic mass is 16.5. The van der Waals surface area contributed by atoms with E-state index in [0.29, 0.717) is 36.3 Å². The molecule has 0 radical (unpaired) electrons. The smallest absolute Gasteiger partial charge is 0.254 e. The van der Waals surface area contributed by atoms with E-state index >= 15 is 0 Å². The first-order valence-electron chi connectivity index (χ1n) is 8.12. The summed E-state index contributed by atoms with van der Waals surface area (Å²) in [5.74, 6) is 1.04. The van der Waals surface area contributed by atoms with Gasteiger partial charge < -0.3 is 36.3 Å². The van der Waals surface area contributed by atoms with Gasteiger partial charge in [-0.05, 0) is 0 Å². The van der Waals surface area contributed by atoms with Gasteiger partial charge in [0.05, 0.1) is 20.8 Å². The van der Waals surface area contributed by atoms with E-state index in [0.717, 1.165) is 0 Å². The third-order valence-corrected chi connectivity index (χ3v) is 3.57. The number of anilines is 3. The number of amides is 1. The number of aromatic nitrogens is 2. The van der Waals surface area contributed by atoms with Crippen molar-refractivity contribution in [2.24, 2.45) is 11.5 Å². The van der Waals surface area contributed by atoms with Gasteiger partial charge in [0.15, 0.2) is 0 Å². The molecule has 0 spiro atoms. The van der Waals surface area contributed by atoms with Crippen LogP contribution in [0.2, 0.25) is 0 Å². The molecule has 0 aliphatic rings. The van der Waals surface area contributed by atoms with Gasteiger partial charge in [0.25, 0.3) is 5.91 Å². The van der Waals surface area contributed by atoms with Crippen molar-refractivity contribution in [3.8, 4) is 11.5 Å². The van der Waals surface area contributed by atoms with Crippen molar-refractivity contribution in [1.29, 1.82) is 0 Å². The lowest BCUT2D eigenvalue weighted by Crippen LogP contribution is -2.33. The summed E-state index contributed by atoms with van der Waals surface area (Å²) in [6.07, 6.45) is 1.35. The number of rotatable bonds is 10. The molecule has 2 aromatic rings. The van der Waals surface area contributed by atoms with Crippen molar-refractivity contribution in [2.45, 2.75) is 6.04 Å². The number of nitrogens with two attached hydrogens (primary N) is 2. The van der Waals surface area contributed by atoms with Gasteiger partial charge in [-0.15, -0.1) is 0 Å². The summed E-state index contributed by atoms with van der Waals surface area (Å²) in [6, 6.07) is 4.96. The van der Waals surface area contributed by atoms with Crippen LogP contribution in [0.1, 0.15) is 10.4 Å². The molecule has 0 fully saturated rings. The molecular weight excluding hydrogens is 352 g/mol. The predicted octanol–water partition coefficient (Wildman–Crippen LogP) is 0.722. The monoisotopic (exact) mass is 376 g/mol. The van der Waals surface area contributed by atoms with Crippen LogP contribution in [0.4, 0.5) is 17.5 Å². The zero-order valence-corrected chi connectivity index (χ0v) is 15.5. The SMILES string of the molecule is COC[C@H](N)CNc1ncc(C(N)=O)c(Nc2cc(OC)cc(OC)c2)n1. The first-order valence-corrected chi connectivity index (χ1v) is 8.12. The van der Waals surface area contributed by atoms with Crippen molar-refractivity contribution in [3.63, 3.8) is 0 Å². The third-order valence-electron chi connectivity index (χ3n) is 3.57. The Morgan fingerprint density at radius 2 is 1.85 bits per heavy atom. The van der Waals surface area contributed by atoms with Gasteiger partial charge in [0.1, 0.15) is 22.9 Å². The zero-order chi connectivity index (χ0) is 19.8. The van der Waals surface area contributed by atoms with E-state index in [9.17, 15) is 4.79 Å². The molecule has 1 atom stereocenters. The van der Waals surface area contributed by atoms with Crippen LogP contribution in [0.3, 0.4) is 0 Å². The minimum Gasteiger partial charge on any atom is -0.497 e. The van der Waals surface area contributed by atoms with Gasteiger partial charge >= 0.3 is 0 Å². The van der Waals surface area contributed by atoms with E-state index in [1.54, 1.807) is 39.5 Å². The Kier molecular flexibility index (Phi) is 7.15. The Morgan fingerprint density at radius 1 is 1.19 bits per heavy atom. The predicted molar refractivity (Wildman–Crippen MR) is 102 cm³/mol. The number of nitrogens with one attached hydrogen (secondary N) is 2. The largest absolute Gasteiger partial charge is 0.497 e. The molecule has 0 bridgehead atoms. The molecule has 1 heterocycles. The molecule has 10 nitrogen and oxygen atoms in total. The summed E-state index contributed by atoms with van der Waals surface area (Å²) >= 11 is 0. The van der Waals surface area contributed by atoms with Crippen LogP contribution in [0.15, 0.2) is 24.4 Å². The average Bonchev–Trinajstić information content (AvgIpc) is 2.66. The Hall–Kier alpha value is -3.11. The van der Waals surface area contributed by atoms with E-state index < -0.39 is 5.91 Å². The molecule has 0 aliphatic heterocycles. The molecule has 146 valence electrons. The molecular formula is C17H24N6O4. The number of carbonyl (C=O) groups excluding carboxylic acids is 1. The second-order valence-corrected chi connectivity index (χ2v) is 5.64. The number of carbonyl (C=O) groups is 1. The number of methoxy groups -OCH3 is 3. The number of hydrogen-bond donors (Lipinski definition) is 4. The second kappa shape index (κ2) is 9.55. The summed E-state index contributed by atoms with van der Waals surface area (Å²) in [6.45, 7) is 0.789. The van der Waals surface area contributed by atoms with Crippen LogP contribution in [-0.2, 0) is 4.74 Å². The molecule has 10 heteroatoms. The van der Waals surface area contributed by atoms with Crippen LogP contribution >= 0.6 is 0 Å². The molecule has 27 heavy (non-hydrogen) atoms. The molecule has 1 aromatic heterocycles. The third kappa shape index (κ3) is 5.69. The molecule has 0 aliphatic carbocycles. The first kappa shape index (κ1) is 20.2. The minimum atomic E-state index is -0.657. The van der Waals surface area contributed by atoms with Crippen LogP contribution in [0.25, 0.3) is 0 Å². The molecule has 1 amide bonds. The summed E-state index contributed by atoms with van der Waals surface area (Å²) in [5.41, 5.74) is 12.1. The first-order chi connectivity index (χ1) is 13.0. The molecule has 0 saturated heterocycles. The van der Waals surface area contributed by atoms with Gasteiger partial charge in [0, 0.05) is 49.8 Å². The van der Waals surface area contributed by atoms with E-state index in [4.69, 9.17) is 25.7 Å². The molecule has 2 rings (SSSR count). The van der Waals surface area contributed by atoms with Crippen molar-refractivity contribution in [1.82, 2.24) is 9.97 Å². The fourth-order valence-electron chi connectivity index (χ4n) is 2.25. The summed E-state index contributed by atoms with van der Waals surface area (Å²) in [7, 11) is 4.66. The number of ether oxygens (including phenoxy) is 3. The highest BCUT2D eigenvalue weighted by molar-refractivity contribution is 5.98. The van der Waals surface area contributed by atoms with E-state index in [2.05, 4.69) is 20.6 Å². The van der Waals surface area contributed by atoms with Crippen molar-refractivity contribution in [2.75, 3.05) is 45.1 Å². The Labute approximate surface area is 157 Å². The zero-order valence-electron chi connectivity index (χ0n) is 15.5. The van der Waals surface area contributed by atoms with Gasteiger partial charge in [-0.3, -0.25) is 4.79 Å². The summed E-state index contributed by atoms with van der Waals surface area (Å²) in [5, 5.41) is 6.05. The Bertz CT molecular complexity index is 764. The van der Waals surface area contributed by atoms with E-state index in [-0.39, 0.29) is 17.4 Å². The quantitative estimate of drug-likeness (QED) is 0.471. The fourth-order valence-corrected chi connectivity index (χ4v) is 2.25. The Morgan fingerprint density at radius 3 is 2.41 bits per heavy atom. The summed E-state index contributed by atoms with van der Waals surface area (Å²) in [4.78, 5) is 20.1. The van der Waals surface area contributed by atoms with Crippen LogP contribution < -0.4 is 31.6 Å². The molecule has 6 N–H and O–H groups in total. The second-order valence-electron chi connectivity index (χ2n) is 5.64. The van der Waals surface area contributed by atoms with E-state index in [1.807, 2.05) is 0 Å². The van der Waals surface area contributed by atoms with Crippen molar-refractivity contribution >= 4 is 23.4 Å². The fraction of sp³-hybridized carbons (Fsp3) is 0.353. The molecule has 1 aromatic carbocycles. The highest BCUT2D eigenvalue weighted by Gasteiger charge is 2.14. The van der Waals surface area contributed by atoms with Crippen LogP contribution in [0.5, 0.6) is 11.5 Å². The number of hydrogen-bond acceptors (Lipinski definition) is 9. The molecule has 0 saturated carbocycles. The lowest BCUT2D eigenvalue weighted by Gasteiger charge is -2.15. The normalized spacial score (nSPS) is 11.6. The lowest BCUT2D eigenvalue weighted by molar-refractivity contribution is 0.100. The number of primary amides is 1. The topological polar surface area (TPSA) is 147 Å². The Balaban J connectivity index is 2.28. The van der Waals surface area contributed by atoms with Gasteiger partial charge in [-0.25, -0.2) is 4.98 Å².